The first-order valence-electron chi connectivity index (χ1n) is 7.40. The molecule has 132 valence electrons. The summed E-state index contributed by atoms with van der Waals surface area (Å²) >= 11 is 0. The molecule has 0 saturated heterocycles. The van der Waals surface area contributed by atoms with E-state index in [-0.39, 0.29) is 29.8 Å². The molecule has 0 saturated carbocycles. The van der Waals surface area contributed by atoms with E-state index in [1.807, 2.05) is 0 Å². The number of benzene rings is 1. The van der Waals surface area contributed by atoms with Gasteiger partial charge in [-0.15, -0.1) is 19.0 Å². The topological polar surface area (TPSA) is 87.3 Å². The Hall–Kier alpha value is -1.67. The molecule has 2 rings (SSSR count). The van der Waals surface area contributed by atoms with Crippen molar-refractivity contribution >= 4 is 28.3 Å². The quantitative estimate of drug-likeness (QED) is 0.629. The van der Waals surface area contributed by atoms with Crippen LogP contribution < -0.4 is 15.4 Å². The molecule has 0 radical (unpaired) electrons. The number of carbonyl (C=O) groups is 1. The van der Waals surface area contributed by atoms with Crippen LogP contribution in [0.5, 0.6) is 0 Å². The SMILES string of the molecule is C=CCNS(=O)(=O)c1ccc(C(=O)NCC2=CCNCC2)cc1.Cl. The van der Waals surface area contributed by atoms with Gasteiger partial charge in [0.25, 0.3) is 5.91 Å². The van der Waals surface area contributed by atoms with E-state index in [1.165, 1.54) is 35.9 Å². The summed E-state index contributed by atoms with van der Waals surface area (Å²) in [6.45, 7) is 5.89. The van der Waals surface area contributed by atoms with Crippen molar-refractivity contribution in [1.82, 2.24) is 15.4 Å². The van der Waals surface area contributed by atoms with Gasteiger partial charge in [-0.3, -0.25) is 4.79 Å². The summed E-state index contributed by atoms with van der Waals surface area (Å²) in [6, 6.07) is 5.86. The van der Waals surface area contributed by atoms with Gasteiger partial charge in [0.1, 0.15) is 0 Å². The second-order valence-electron chi connectivity index (χ2n) is 5.16. The van der Waals surface area contributed by atoms with E-state index >= 15 is 0 Å². The summed E-state index contributed by atoms with van der Waals surface area (Å²) < 4.78 is 26.2. The number of amides is 1. The number of halogens is 1. The summed E-state index contributed by atoms with van der Waals surface area (Å²) in [6.07, 6.45) is 4.46. The summed E-state index contributed by atoms with van der Waals surface area (Å²) in [5.41, 5.74) is 1.63. The summed E-state index contributed by atoms with van der Waals surface area (Å²) in [5, 5.41) is 6.06. The highest BCUT2D eigenvalue weighted by molar-refractivity contribution is 7.89. The lowest BCUT2D eigenvalue weighted by Crippen LogP contribution is -2.29. The summed E-state index contributed by atoms with van der Waals surface area (Å²) in [5.74, 6) is -0.215. The largest absolute Gasteiger partial charge is 0.348 e. The number of hydrogen-bond acceptors (Lipinski definition) is 4. The third kappa shape index (κ3) is 5.76. The van der Waals surface area contributed by atoms with Crippen LogP contribution in [0.4, 0.5) is 0 Å². The smallest absolute Gasteiger partial charge is 0.251 e. The van der Waals surface area contributed by atoms with E-state index in [0.29, 0.717) is 12.1 Å². The van der Waals surface area contributed by atoms with Gasteiger partial charge in [-0.05, 0) is 37.2 Å². The zero-order valence-electron chi connectivity index (χ0n) is 13.2. The van der Waals surface area contributed by atoms with Crippen molar-refractivity contribution in [3.05, 3.63) is 54.1 Å². The Morgan fingerprint density at radius 1 is 1.29 bits per heavy atom. The number of rotatable bonds is 7. The minimum atomic E-state index is -3.56. The Balaban J connectivity index is 0.00000288. The second kappa shape index (κ2) is 9.58. The minimum Gasteiger partial charge on any atom is -0.348 e. The van der Waals surface area contributed by atoms with Crippen LogP contribution in [0.25, 0.3) is 0 Å². The molecule has 1 aliphatic heterocycles. The van der Waals surface area contributed by atoms with E-state index in [4.69, 9.17) is 0 Å². The molecular weight excluding hydrogens is 350 g/mol. The van der Waals surface area contributed by atoms with Crippen molar-refractivity contribution < 1.29 is 13.2 Å². The highest BCUT2D eigenvalue weighted by atomic mass is 35.5. The van der Waals surface area contributed by atoms with Crippen LogP contribution in [0, 0.1) is 0 Å². The van der Waals surface area contributed by atoms with Crippen LogP contribution in [-0.4, -0.2) is 40.5 Å². The molecule has 1 aromatic rings. The molecule has 0 unspecified atom stereocenters. The Morgan fingerprint density at radius 3 is 2.58 bits per heavy atom. The molecule has 8 heteroatoms. The van der Waals surface area contributed by atoms with E-state index in [1.54, 1.807) is 0 Å². The Bertz CT molecular complexity index is 700. The normalized spacial score (nSPS) is 14.2. The predicted octanol–water partition coefficient (Wildman–Crippen LogP) is 1.22. The van der Waals surface area contributed by atoms with Crippen molar-refractivity contribution in [1.29, 1.82) is 0 Å². The van der Waals surface area contributed by atoms with Gasteiger partial charge in [0.2, 0.25) is 10.0 Å². The lowest BCUT2D eigenvalue weighted by atomic mass is 10.1. The first-order valence-corrected chi connectivity index (χ1v) is 8.88. The summed E-state index contributed by atoms with van der Waals surface area (Å²) in [4.78, 5) is 12.2. The molecular formula is C16H22ClN3O3S. The fourth-order valence-corrected chi connectivity index (χ4v) is 3.16. The zero-order chi connectivity index (χ0) is 16.7. The molecule has 0 aromatic heterocycles. The molecule has 0 bridgehead atoms. The zero-order valence-corrected chi connectivity index (χ0v) is 14.9. The molecule has 1 heterocycles. The maximum absolute atomic E-state index is 12.1. The van der Waals surface area contributed by atoms with Gasteiger partial charge in [0.15, 0.2) is 0 Å². The molecule has 1 aromatic carbocycles. The number of nitrogens with one attached hydrogen (secondary N) is 3. The van der Waals surface area contributed by atoms with E-state index < -0.39 is 10.0 Å². The van der Waals surface area contributed by atoms with Gasteiger partial charge in [-0.25, -0.2) is 13.1 Å². The number of hydrogen-bond donors (Lipinski definition) is 3. The fraction of sp³-hybridized carbons (Fsp3) is 0.312. The van der Waals surface area contributed by atoms with Crippen molar-refractivity contribution in [2.24, 2.45) is 0 Å². The predicted molar refractivity (Wildman–Crippen MR) is 97.0 cm³/mol. The highest BCUT2D eigenvalue weighted by Crippen LogP contribution is 2.11. The van der Waals surface area contributed by atoms with E-state index in [0.717, 1.165) is 19.5 Å². The highest BCUT2D eigenvalue weighted by Gasteiger charge is 2.14. The maximum Gasteiger partial charge on any atom is 0.251 e. The molecule has 6 nitrogen and oxygen atoms in total. The Labute approximate surface area is 148 Å². The van der Waals surface area contributed by atoms with Crippen LogP contribution in [0.3, 0.4) is 0 Å². The van der Waals surface area contributed by atoms with Crippen LogP contribution in [0.15, 0.2) is 53.5 Å². The first kappa shape index (κ1) is 20.4. The molecule has 0 aliphatic carbocycles. The van der Waals surface area contributed by atoms with Crippen LogP contribution >= 0.6 is 12.4 Å². The monoisotopic (exact) mass is 371 g/mol. The van der Waals surface area contributed by atoms with Gasteiger partial charge in [-0.1, -0.05) is 17.7 Å². The van der Waals surface area contributed by atoms with Crippen molar-refractivity contribution in [2.45, 2.75) is 11.3 Å². The average Bonchev–Trinajstić information content (AvgIpc) is 2.59. The van der Waals surface area contributed by atoms with Crippen molar-refractivity contribution in [3.63, 3.8) is 0 Å². The standard InChI is InChI=1S/C16H21N3O3S.ClH/c1-2-9-19-23(21,22)15-5-3-14(4-6-15)16(20)18-12-13-7-10-17-11-8-13;/h2-7,17,19H,1,8-12H2,(H,18,20);1H. The first-order chi connectivity index (χ1) is 11.0. The molecule has 1 aliphatic rings. The molecule has 3 N–H and O–H groups in total. The van der Waals surface area contributed by atoms with Crippen LogP contribution in [-0.2, 0) is 10.0 Å². The Kier molecular flexibility index (Phi) is 8.14. The van der Waals surface area contributed by atoms with E-state index in [9.17, 15) is 13.2 Å². The molecule has 1 amide bonds. The molecule has 0 fully saturated rings. The summed E-state index contributed by atoms with van der Waals surface area (Å²) in [7, 11) is -3.56. The third-order valence-corrected chi connectivity index (χ3v) is 4.92. The lowest BCUT2D eigenvalue weighted by molar-refractivity contribution is 0.0956. The minimum absolute atomic E-state index is 0. The van der Waals surface area contributed by atoms with Gasteiger partial charge >= 0.3 is 0 Å². The van der Waals surface area contributed by atoms with Crippen molar-refractivity contribution in [2.75, 3.05) is 26.2 Å². The average molecular weight is 372 g/mol. The van der Waals surface area contributed by atoms with Gasteiger partial charge in [-0.2, -0.15) is 0 Å². The number of sulfonamides is 1. The maximum atomic E-state index is 12.1. The van der Waals surface area contributed by atoms with Gasteiger partial charge in [0.05, 0.1) is 4.90 Å². The number of carbonyl (C=O) groups excluding carboxylic acids is 1. The van der Waals surface area contributed by atoms with Crippen LogP contribution in [0.2, 0.25) is 0 Å². The molecule has 24 heavy (non-hydrogen) atoms. The fourth-order valence-electron chi connectivity index (χ4n) is 2.16. The van der Waals surface area contributed by atoms with E-state index in [2.05, 4.69) is 28.0 Å². The van der Waals surface area contributed by atoms with Crippen molar-refractivity contribution in [3.8, 4) is 0 Å². The molecule has 0 spiro atoms. The van der Waals surface area contributed by atoms with Gasteiger partial charge < -0.3 is 10.6 Å². The van der Waals surface area contributed by atoms with Crippen LogP contribution in [0.1, 0.15) is 16.8 Å². The second-order valence-corrected chi connectivity index (χ2v) is 6.93. The van der Waals surface area contributed by atoms with Gasteiger partial charge in [0, 0.05) is 25.2 Å². The Morgan fingerprint density at radius 2 is 2.00 bits per heavy atom. The lowest BCUT2D eigenvalue weighted by Gasteiger charge is -2.14. The molecule has 0 atom stereocenters. The third-order valence-electron chi connectivity index (χ3n) is 3.48.